The monoisotopic (exact) mass is 369 g/mol. The van der Waals surface area contributed by atoms with Crippen molar-refractivity contribution in [2.75, 3.05) is 24.7 Å². The lowest BCUT2D eigenvalue weighted by Crippen LogP contribution is -2.41. The van der Waals surface area contributed by atoms with E-state index in [4.69, 9.17) is 4.74 Å². The third-order valence-electron chi connectivity index (χ3n) is 4.12. The SMILES string of the molecule is C=C(C)C(=O)OCCSCCN1C(=O)c2cccc3cccc(c23)C1=O. The minimum Gasteiger partial charge on any atom is -0.461 e. The van der Waals surface area contributed by atoms with Gasteiger partial charge < -0.3 is 4.74 Å². The van der Waals surface area contributed by atoms with Crippen molar-refractivity contribution in [2.24, 2.45) is 0 Å². The molecule has 1 aliphatic heterocycles. The summed E-state index contributed by atoms with van der Waals surface area (Å²) in [7, 11) is 0. The van der Waals surface area contributed by atoms with E-state index in [0.29, 0.717) is 34.8 Å². The summed E-state index contributed by atoms with van der Waals surface area (Å²) in [6, 6.07) is 11.0. The number of rotatable bonds is 7. The molecule has 5 nitrogen and oxygen atoms in total. The number of hydrogen-bond donors (Lipinski definition) is 0. The Bertz CT molecular complexity index is 855. The molecule has 0 saturated heterocycles. The van der Waals surface area contributed by atoms with E-state index in [1.807, 2.05) is 24.3 Å². The van der Waals surface area contributed by atoms with Gasteiger partial charge in [0, 0.05) is 40.1 Å². The van der Waals surface area contributed by atoms with Gasteiger partial charge in [-0.05, 0) is 24.4 Å². The molecule has 2 aromatic rings. The zero-order valence-corrected chi connectivity index (χ0v) is 15.3. The highest BCUT2D eigenvalue weighted by Crippen LogP contribution is 2.29. The van der Waals surface area contributed by atoms with E-state index in [0.717, 1.165) is 10.8 Å². The maximum atomic E-state index is 12.7. The van der Waals surface area contributed by atoms with Gasteiger partial charge in [-0.1, -0.05) is 30.8 Å². The zero-order valence-electron chi connectivity index (χ0n) is 14.5. The summed E-state index contributed by atoms with van der Waals surface area (Å²) in [5, 5.41) is 1.63. The normalized spacial score (nSPS) is 13.2. The standard InChI is InChI=1S/C20H19NO4S/c1-13(2)20(24)25-10-12-26-11-9-21-18(22)15-7-3-5-14-6-4-8-16(17(14)15)19(21)23/h3-8H,1,9-12H2,2H3. The summed E-state index contributed by atoms with van der Waals surface area (Å²) >= 11 is 1.53. The van der Waals surface area contributed by atoms with E-state index < -0.39 is 5.97 Å². The van der Waals surface area contributed by atoms with Crippen LogP contribution in [0.2, 0.25) is 0 Å². The molecular formula is C20H19NO4S. The number of nitrogens with zero attached hydrogens (tertiary/aromatic N) is 1. The molecule has 1 heterocycles. The topological polar surface area (TPSA) is 63.7 Å². The fourth-order valence-corrected chi connectivity index (χ4v) is 3.57. The van der Waals surface area contributed by atoms with E-state index >= 15 is 0 Å². The molecule has 0 saturated carbocycles. The van der Waals surface area contributed by atoms with Crippen molar-refractivity contribution in [3.63, 3.8) is 0 Å². The molecule has 2 amide bonds. The summed E-state index contributed by atoms with van der Waals surface area (Å²) in [6.45, 7) is 5.72. The quantitative estimate of drug-likeness (QED) is 0.324. The van der Waals surface area contributed by atoms with Crippen molar-refractivity contribution in [3.8, 4) is 0 Å². The molecule has 0 radical (unpaired) electrons. The summed E-state index contributed by atoms with van der Waals surface area (Å²) in [4.78, 5) is 38.0. The molecule has 0 N–H and O–H groups in total. The molecule has 0 unspecified atom stereocenters. The van der Waals surface area contributed by atoms with Gasteiger partial charge in [0.2, 0.25) is 0 Å². The second-order valence-electron chi connectivity index (χ2n) is 6.00. The van der Waals surface area contributed by atoms with Gasteiger partial charge in [0.1, 0.15) is 6.61 Å². The molecule has 0 aromatic heterocycles. The second kappa shape index (κ2) is 7.74. The number of hydrogen-bond acceptors (Lipinski definition) is 5. The largest absolute Gasteiger partial charge is 0.461 e. The zero-order chi connectivity index (χ0) is 18.7. The number of ether oxygens (including phenoxy) is 1. The highest BCUT2D eigenvalue weighted by molar-refractivity contribution is 7.99. The molecule has 0 aliphatic carbocycles. The van der Waals surface area contributed by atoms with Crippen LogP contribution >= 0.6 is 11.8 Å². The predicted molar refractivity (Wildman–Crippen MR) is 102 cm³/mol. The lowest BCUT2D eigenvalue weighted by Gasteiger charge is -2.27. The Hall–Kier alpha value is -2.60. The summed E-state index contributed by atoms with van der Waals surface area (Å²) in [5.41, 5.74) is 1.50. The van der Waals surface area contributed by atoms with Crippen LogP contribution in [0.4, 0.5) is 0 Å². The van der Waals surface area contributed by atoms with Gasteiger partial charge in [-0.2, -0.15) is 11.8 Å². The van der Waals surface area contributed by atoms with E-state index in [-0.39, 0.29) is 18.4 Å². The first-order valence-electron chi connectivity index (χ1n) is 8.29. The predicted octanol–water partition coefficient (Wildman–Crippen LogP) is 3.29. The number of carbonyl (C=O) groups excluding carboxylic acids is 3. The van der Waals surface area contributed by atoms with Gasteiger partial charge in [-0.15, -0.1) is 0 Å². The van der Waals surface area contributed by atoms with E-state index in [2.05, 4.69) is 6.58 Å². The molecule has 0 fully saturated rings. The molecule has 0 spiro atoms. The minimum atomic E-state index is -0.406. The molecule has 1 aliphatic rings. The molecule has 26 heavy (non-hydrogen) atoms. The second-order valence-corrected chi connectivity index (χ2v) is 7.22. The first-order valence-corrected chi connectivity index (χ1v) is 9.44. The highest BCUT2D eigenvalue weighted by atomic mass is 32.2. The van der Waals surface area contributed by atoms with E-state index in [9.17, 15) is 14.4 Å². The first-order chi connectivity index (χ1) is 12.5. The van der Waals surface area contributed by atoms with Gasteiger partial charge in [-0.3, -0.25) is 14.5 Å². The molecule has 0 atom stereocenters. The fraction of sp³-hybridized carbons (Fsp3) is 0.250. The highest BCUT2D eigenvalue weighted by Gasteiger charge is 2.32. The van der Waals surface area contributed by atoms with Gasteiger partial charge in [0.25, 0.3) is 11.8 Å². The average Bonchev–Trinajstić information content (AvgIpc) is 2.64. The lowest BCUT2D eigenvalue weighted by molar-refractivity contribution is -0.138. The maximum absolute atomic E-state index is 12.7. The third kappa shape index (κ3) is 3.51. The number of esters is 1. The van der Waals surface area contributed by atoms with Crippen LogP contribution in [0.5, 0.6) is 0 Å². The Labute approximate surface area is 156 Å². The molecule has 3 rings (SSSR count). The van der Waals surface area contributed by atoms with Crippen molar-refractivity contribution in [1.29, 1.82) is 0 Å². The van der Waals surface area contributed by atoms with Crippen LogP contribution < -0.4 is 0 Å². The van der Waals surface area contributed by atoms with Crippen LogP contribution in [-0.4, -0.2) is 47.3 Å². The molecular weight excluding hydrogens is 350 g/mol. The van der Waals surface area contributed by atoms with Gasteiger partial charge in [0.05, 0.1) is 0 Å². The van der Waals surface area contributed by atoms with Crippen LogP contribution in [-0.2, 0) is 9.53 Å². The van der Waals surface area contributed by atoms with Gasteiger partial charge >= 0.3 is 5.97 Å². The number of imide groups is 1. The Kier molecular flexibility index (Phi) is 5.42. The number of benzene rings is 2. The van der Waals surface area contributed by atoms with Crippen LogP contribution in [0.15, 0.2) is 48.6 Å². The molecule has 6 heteroatoms. The summed E-state index contributed by atoms with van der Waals surface area (Å²) < 4.78 is 5.02. The molecule has 2 aromatic carbocycles. The van der Waals surface area contributed by atoms with Crippen LogP contribution in [0.3, 0.4) is 0 Å². The van der Waals surface area contributed by atoms with Crippen LogP contribution in [0.1, 0.15) is 27.6 Å². The number of thioether (sulfide) groups is 1. The number of amides is 2. The van der Waals surface area contributed by atoms with Crippen LogP contribution in [0.25, 0.3) is 10.8 Å². The van der Waals surface area contributed by atoms with E-state index in [1.54, 1.807) is 19.1 Å². The Morgan fingerprint density at radius 1 is 1.08 bits per heavy atom. The van der Waals surface area contributed by atoms with Crippen molar-refractivity contribution in [2.45, 2.75) is 6.92 Å². The number of carbonyl (C=O) groups is 3. The van der Waals surface area contributed by atoms with E-state index in [1.165, 1.54) is 16.7 Å². The third-order valence-corrected chi connectivity index (χ3v) is 5.05. The first kappa shape index (κ1) is 18.2. The van der Waals surface area contributed by atoms with Gasteiger partial charge in [-0.25, -0.2) is 4.79 Å². The smallest absolute Gasteiger partial charge is 0.333 e. The Balaban J connectivity index is 1.60. The minimum absolute atomic E-state index is 0.256. The summed E-state index contributed by atoms with van der Waals surface area (Å²) in [6.07, 6.45) is 0. The fourth-order valence-electron chi connectivity index (χ4n) is 2.86. The van der Waals surface area contributed by atoms with Crippen LogP contribution in [0, 0.1) is 0 Å². The molecule has 0 bridgehead atoms. The summed E-state index contributed by atoms with van der Waals surface area (Å²) in [5.74, 6) is 0.265. The van der Waals surface area contributed by atoms with Crippen molar-refractivity contribution in [1.82, 2.24) is 4.90 Å². The maximum Gasteiger partial charge on any atom is 0.333 e. The van der Waals surface area contributed by atoms with Gasteiger partial charge in [0.15, 0.2) is 0 Å². The van der Waals surface area contributed by atoms with Crippen molar-refractivity contribution in [3.05, 3.63) is 59.7 Å². The Morgan fingerprint density at radius 2 is 1.69 bits per heavy atom. The molecule has 134 valence electrons. The Morgan fingerprint density at radius 3 is 2.27 bits per heavy atom. The lowest BCUT2D eigenvalue weighted by atomic mass is 9.94. The van der Waals surface area contributed by atoms with Crippen molar-refractivity contribution >= 4 is 40.3 Å². The van der Waals surface area contributed by atoms with Crippen molar-refractivity contribution < 1.29 is 19.1 Å². The average molecular weight is 369 g/mol.